The summed E-state index contributed by atoms with van der Waals surface area (Å²) in [6.45, 7) is 20.5. The largest absolute Gasteiger partial charge is 0.462 e. The highest BCUT2D eigenvalue weighted by molar-refractivity contribution is 5.69. The Hall–Kier alpha value is -0.650. The van der Waals surface area contributed by atoms with Crippen LogP contribution in [0.15, 0.2) is 0 Å². The van der Waals surface area contributed by atoms with Gasteiger partial charge in [-0.1, -0.05) is 41.5 Å². The van der Waals surface area contributed by atoms with Gasteiger partial charge in [0.25, 0.3) is 0 Å². The summed E-state index contributed by atoms with van der Waals surface area (Å²) in [7, 11) is 1.76. The lowest BCUT2D eigenvalue weighted by molar-refractivity contribution is -0.249. The van der Waals surface area contributed by atoms with Crippen molar-refractivity contribution >= 4 is 5.97 Å². The second-order valence-electron chi connectivity index (χ2n) is 16.7. The molecule has 4 saturated carbocycles. The zero-order chi connectivity index (χ0) is 29.9. The fourth-order valence-corrected chi connectivity index (χ4v) is 11.2. The van der Waals surface area contributed by atoms with Gasteiger partial charge in [-0.3, -0.25) is 4.79 Å². The molecule has 0 spiro atoms. The summed E-state index contributed by atoms with van der Waals surface area (Å²) in [6.07, 6.45) is 10.6. The molecule has 0 aromatic rings. The molecule has 40 heavy (non-hydrogen) atoms. The molecule has 0 unspecified atom stereocenters. The number of carbonyl (C=O) groups is 1. The monoisotopic (exact) mass is 562 g/mol. The fraction of sp³-hybridized carbons (Fsp3) is 0.971. The lowest BCUT2D eigenvalue weighted by Gasteiger charge is -2.70. The van der Waals surface area contributed by atoms with Gasteiger partial charge in [-0.2, -0.15) is 0 Å². The zero-order valence-electron chi connectivity index (χ0n) is 27.6. The first-order valence-corrected chi connectivity index (χ1v) is 16.5. The van der Waals surface area contributed by atoms with Crippen molar-refractivity contribution in [2.75, 3.05) is 7.11 Å². The maximum atomic E-state index is 12.5. The van der Waals surface area contributed by atoms with Crippen LogP contribution in [-0.4, -0.2) is 46.7 Å². The molecule has 232 valence electrons. The minimum atomic E-state index is -0.792. The number of fused-ring (bicyclic) bond motifs is 5. The van der Waals surface area contributed by atoms with Gasteiger partial charge in [0.1, 0.15) is 6.10 Å². The fourth-order valence-electron chi connectivity index (χ4n) is 11.2. The summed E-state index contributed by atoms with van der Waals surface area (Å²) in [5.74, 6) is 1.07. The summed E-state index contributed by atoms with van der Waals surface area (Å²) >= 11 is 0. The first-order valence-electron chi connectivity index (χ1n) is 16.5. The van der Waals surface area contributed by atoms with Gasteiger partial charge in [-0.05, 0) is 131 Å². The minimum absolute atomic E-state index is 0.00163. The van der Waals surface area contributed by atoms with Crippen LogP contribution in [0.25, 0.3) is 0 Å². The number of hydrogen-bond acceptors (Lipinski definition) is 5. The van der Waals surface area contributed by atoms with E-state index in [2.05, 4.69) is 48.5 Å². The molecule has 0 amide bonds. The standard InChI is InChI=1S/C35H62O5/c1-11-13-28(37)40-27-16-19-32(6)25(31(27,4)5)15-21-33(7)26(32)22-24(36)29-23(14-20-34(29,33)8)35(9,38)18-12-17-30(2,3)39-10/h23-27,29,36,38H,11-22H2,1-10H3/t23-,24+,25-,26+,27-,29-,32-,33+,34+,35+/m0/s1. The Morgan fingerprint density at radius 3 is 2.20 bits per heavy atom. The summed E-state index contributed by atoms with van der Waals surface area (Å²) in [4.78, 5) is 12.5. The van der Waals surface area contributed by atoms with Gasteiger partial charge in [0.05, 0.1) is 17.3 Å². The van der Waals surface area contributed by atoms with Gasteiger partial charge in [0.15, 0.2) is 0 Å². The predicted molar refractivity (Wildman–Crippen MR) is 161 cm³/mol. The number of ether oxygens (including phenoxy) is 2. The van der Waals surface area contributed by atoms with E-state index in [1.165, 1.54) is 0 Å². The van der Waals surface area contributed by atoms with Gasteiger partial charge in [-0.25, -0.2) is 0 Å². The number of hydrogen-bond donors (Lipinski definition) is 2. The van der Waals surface area contributed by atoms with Crippen molar-refractivity contribution in [1.29, 1.82) is 0 Å². The van der Waals surface area contributed by atoms with Crippen molar-refractivity contribution in [3.05, 3.63) is 0 Å². The van der Waals surface area contributed by atoms with E-state index in [0.29, 0.717) is 18.3 Å². The molecule has 0 heterocycles. The maximum Gasteiger partial charge on any atom is 0.306 e. The van der Waals surface area contributed by atoms with Crippen LogP contribution in [0.3, 0.4) is 0 Å². The van der Waals surface area contributed by atoms with E-state index < -0.39 is 11.7 Å². The van der Waals surface area contributed by atoms with Gasteiger partial charge in [0.2, 0.25) is 0 Å². The second-order valence-corrected chi connectivity index (χ2v) is 16.7. The van der Waals surface area contributed by atoms with Crippen LogP contribution in [0, 0.1) is 45.3 Å². The van der Waals surface area contributed by atoms with Crippen molar-refractivity contribution < 1.29 is 24.5 Å². The molecule has 4 fully saturated rings. The first-order chi connectivity index (χ1) is 18.4. The third-order valence-electron chi connectivity index (χ3n) is 13.9. The highest BCUT2D eigenvalue weighted by atomic mass is 16.5. The third kappa shape index (κ3) is 5.10. The van der Waals surface area contributed by atoms with Crippen LogP contribution in [0.4, 0.5) is 0 Å². The van der Waals surface area contributed by atoms with Crippen LogP contribution < -0.4 is 0 Å². The van der Waals surface area contributed by atoms with Crippen LogP contribution in [0.5, 0.6) is 0 Å². The van der Waals surface area contributed by atoms with Crippen molar-refractivity contribution in [1.82, 2.24) is 0 Å². The van der Waals surface area contributed by atoms with Gasteiger partial charge in [-0.15, -0.1) is 0 Å². The van der Waals surface area contributed by atoms with Crippen LogP contribution in [-0.2, 0) is 14.3 Å². The number of methoxy groups -OCH3 is 1. The SMILES string of the molecule is CCCC(=O)O[C@H]1CC[C@]2(C)[C@H]3C[C@@H](O)[C@@H]4[C@@H]([C@](C)(O)CCCC(C)(C)OC)CC[C@@]4(C)[C@]3(C)CC[C@H]2C1(C)C. The number of carbonyl (C=O) groups excluding carboxylic acids is 1. The molecular formula is C35H62O5. The Balaban J connectivity index is 1.57. The highest BCUT2D eigenvalue weighted by Gasteiger charge is 2.71. The number of aliphatic hydroxyl groups excluding tert-OH is 1. The number of rotatable bonds is 9. The topological polar surface area (TPSA) is 76.0 Å². The van der Waals surface area contributed by atoms with Crippen LogP contribution in [0.1, 0.15) is 139 Å². The van der Waals surface area contributed by atoms with Gasteiger partial charge < -0.3 is 19.7 Å². The average molecular weight is 563 g/mol. The lowest BCUT2D eigenvalue weighted by Crippen LogP contribution is -2.66. The smallest absolute Gasteiger partial charge is 0.306 e. The average Bonchev–Trinajstić information content (AvgIpc) is 3.23. The van der Waals surface area contributed by atoms with Crippen molar-refractivity contribution in [3.63, 3.8) is 0 Å². The molecule has 2 N–H and O–H groups in total. The highest BCUT2D eigenvalue weighted by Crippen LogP contribution is 2.76. The Labute approximate surface area is 245 Å². The Morgan fingerprint density at radius 2 is 1.57 bits per heavy atom. The van der Waals surface area contributed by atoms with E-state index in [9.17, 15) is 15.0 Å². The number of aliphatic hydroxyl groups is 2. The van der Waals surface area contributed by atoms with Crippen molar-refractivity contribution in [2.45, 2.75) is 163 Å². The van der Waals surface area contributed by atoms with E-state index >= 15 is 0 Å². The van der Waals surface area contributed by atoms with Crippen molar-refractivity contribution in [2.24, 2.45) is 45.3 Å². The molecule has 5 heteroatoms. The summed E-state index contributed by atoms with van der Waals surface area (Å²) in [6, 6.07) is 0. The Morgan fingerprint density at radius 1 is 0.925 bits per heavy atom. The quantitative estimate of drug-likeness (QED) is 0.282. The van der Waals surface area contributed by atoms with E-state index in [0.717, 1.165) is 70.6 Å². The lowest BCUT2D eigenvalue weighted by atomic mass is 9.35. The zero-order valence-corrected chi connectivity index (χ0v) is 27.6. The maximum absolute atomic E-state index is 12.5. The van der Waals surface area contributed by atoms with E-state index in [1.54, 1.807) is 7.11 Å². The molecule has 0 aromatic carbocycles. The Bertz CT molecular complexity index is 925. The normalized spacial score (nSPS) is 44.2. The molecule has 5 nitrogen and oxygen atoms in total. The summed E-state index contributed by atoms with van der Waals surface area (Å²) in [5, 5.41) is 23.9. The van der Waals surface area contributed by atoms with Gasteiger partial charge in [0, 0.05) is 18.9 Å². The number of esters is 1. The van der Waals surface area contributed by atoms with E-state index in [1.807, 2.05) is 13.8 Å². The molecule has 0 saturated heterocycles. The molecular weight excluding hydrogens is 500 g/mol. The van der Waals surface area contributed by atoms with Crippen molar-refractivity contribution in [3.8, 4) is 0 Å². The second kappa shape index (κ2) is 10.8. The predicted octanol–water partition coefficient (Wildman–Crippen LogP) is 7.70. The summed E-state index contributed by atoms with van der Waals surface area (Å²) < 4.78 is 11.7. The molecule has 10 atom stereocenters. The molecule has 4 rings (SSSR count). The van der Waals surface area contributed by atoms with Gasteiger partial charge >= 0.3 is 5.97 Å². The minimum Gasteiger partial charge on any atom is -0.462 e. The molecule has 4 aliphatic rings. The first kappa shape index (κ1) is 32.3. The molecule has 0 aliphatic heterocycles. The molecule has 0 bridgehead atoms. The molecule has 0 aromatic heterocycles. The van der Waals surface area contributed by atoms with E-state index in [-0.39, 0.29) is 51.2 Å². The summed E-state index contributed by atoms with van der Waals surface area (Å²) in [5.41, 5.74) is -0.838. The molecule has 0 radical (unpaired) electrons. The van der Waals surface area contributed by atoms with Crippen LogP contribution >= 0.6 is 0 Å². The van der Waals surface area contributed by atoms with Crippen LogP contribution in [0.2, 0.25) is 0 Å². The Kier molecular flexibility index (Phi) is 8.72. The molecule has 4 aliphatic carbocycles. The third-order valence-corrected chi connectivity index (χ3v) is 13.9. The van der Waals surface area contributed by atoms with E-state index in [4.69, 9.17) is 9.47 Å².